The molecule has 6 nitrogen and oxygen atoms in total. The molecule has 124 valence electrons. The molecule has 1 saturated heterocycles. The fourth-order valence-corrected chi connectivity index (χ4v) is 2.48. The van der Waals surface area contributed by atoms with Gasteiger partial charge in [0.15, 0.2) is 0 Å². The van der Waals surface area contributed by atoms with Gasteiger partial charge in [0, 0.05) is 51.5 Å². The predicted octanol–water partition coefficient (Wildman–Crippen LogP) is 1.59. The number of nitrogens with zero attached hydrogens (tertiary/aromatic N) is 4. The molecule has 1 aliphatic heterocycles. The molecule has 1 fully saturated rings. The Labute approximate surface area is 134 Å². The third-order valence-corrected chi connectivity index (χ3v) is 4.06. The van der Waals surface area contributed by atoms with E-state index in [2.05, 4.69) is 58.2 Å². The van der Waals surface area contributed by atoms with E-state index < -0.39 is 0 Å². The summed E-state index contributed by atoms with van der Waals surface area (Å²) in [6.07, 6.45) is 1.80. The van der Waals surface area contributed by atoms with Crippen molar-refractivity contribution in [2.24, 2.45) is 5.92 Å². The van der Waals surface area contributed by atoms with Gasteiger partial charge in [-0.15, -0.1) is 0 Å². The van der Waals surface area contributed by atoms with E-state index >= 15 is 0 Å². The van der Waals surface area contributed by atoms with Crippen LogP contribution in [0.2, 0.25) is 0 Å². The summed E-state index contributed by atoms with van der Waals surface area (Å²) in [5.74, 6) is 2.19. The van der Waals surface area contributed by atoms with Gasteiger partial charge in [0.25, 0.3) is 0 Å². The molecule has 2 N–H and O–H groups in total. The highest BCUT2D eigenvalue weighted by Gasteiger charge is 2.18. The number of likely N-dealkylation sites (N-methyl/N-ethyl adjacent to an activating group) is 1. The van der Waals surface area contributed by atoms with E-state index in [1.165, 1.54) is 0 Å². The highest BCUT2D eigenvalue weighted by molar-refractivity contribution is 5.39. The molecule has 22 heavy (non-hydrogen) atoms. The Morgan fingerprint density at radius 2 is 1.82 bits per heavy atom. The largest absolute Gasteiger partial charge is 0.370 e. The topological polar surface area (TPSA) is 56.3 Å². The van der Waals surface area contributed by atoms with Crippen molar-refractivity contribution >= 4 is 11.8 Å². The van der Waals surface area contributed by atoms with Crippen molar-refractivity contribution in [3.63, 3.8) is 0 Å². The van der Waals surface area contributed by atoms with E-state index in [-0.39, 0.29) is 0 Å². The summed E-state index contributed by atoms with van der Waals surface area (Å²) in [6.45, 7) is 13.0. The predicted molar refractivity (Wildman–Crippen MR) is 92.4 cm³/mol. The van der Waals surface area contributed by atoms with E-state index in [9.17, 15) is 0 Å². The maximum atomic E-state index is 4.51. The molecule has 1 aromatic rings. The zero-order chi connectivity index (χ0) is 15.9. The first-order chi connectivity index (χ1) is 10.5. The van der Waals surface area contributed by atoms with Crippen LogP contribution < -0.4 is 10.6 Å². The van der Waals surface area contributed by atoms with Crippen molar-refractivity contribution in [3.05, 3.63) is 12.3 Å². The summed E-state index contributed by atoms with van der Waals surface area (Å²) in [6, 6.07) is 2.40. The van der Waals surface area contributed by atoms with Gasteiger partial charge in [-0.05, 0) is 26.0 Å². The highest BCUT2D eigenvalue weighted by Crippen LogP contribution is 2.09. The van der Waals surface area contributed by atoms with Gasteiger partial charge >= 0.3 is 0 Å². The molecule has 0 bridgehead atoms. The van der Waals surface area contributed by atoms with Gasteiger partial charge in [-0.3, -0.25) is 4.90 Å². The molecular formula is C16H30N6. The van der Waals surface area contributed by atoms with E-state index in [1.807, 2.05) is 6.07 Å². The van der Waals surface area contributed by atoms with E-state index in [1.54, 1.807) is 6.20 Å². The van der Waals surface area contributed by atoms with Crippen molar-refractivity contribution in [1.29, 1.82) is 0 Å². The molecule has 0 radical (unpaired) electrons. The Morgan fingerprint density at radius 1 is 1.09 bits per heavy atom. The van der Waals surface area contributed by atoms with Crippen LogP contribution in [0.15, 0.2) is 12.3 Å². The molecule has 1 unspecified atom stereocenters. The Hall–Kier alpha value is -1.40. The van der Waals surface area contributed by atoms with Crippen LogP contribution in [0, 0.1) is 5.92 Å². The first kappa shape index (κ1) is 17.0. The number of nitrogens with one attached hydrogen (secondary N) is 2. The lowest BCUT2D eigenvalue weighted by Gasteiger charge is -2.36. The maximum Gasteiger partial charge on any atom is 0.224 e. The number of anilines is 2. The van der Waals surface area contributed by atoms with Crippen molar-refractivity contribution < 1.29 is 0 Å². The monoisotopic (exact) mass is 306 g/mol. The lowest BCUT2D eigenvalue weighted by molar-refractivity contribution is 0.123. The minimum absolute atomic E-state index is 0.490. The summed E-state index contributed by atoms with van der Waals surface area (Å²) in [5.41, 5.74) is 0. The Bertz CT molecular complexity index is 442. The van der Waals surface area contributed by atoms with Crippen molar-refractivity contribution in [1.82, 2.24) is 19.8 Å². The van der Waals surface area contributed by atoms with Gasteiger partial charge in [-0.2, -0.15) is 4.98 Å². The summed E-state index contributed by atoms with van der Waals surface area (Å²) < 4.78 is 0. The smallest absolute Gasteiger partial charge is 0.224 e. The summed E-state index contributed by atoms with van der Waals surface area (Å²) in [4.78, 5) is 13.7. The molecule has 6 heteroatoms. The van der Waals surface area contributed by atoms with Crippen molar-refractivity contribution in [3.8, 4) is 0 Å². The van der Waals surface area contributed by atoms with Crippen LogP contribution in [0.3, 0.4) is 0 Å². The fourth-order valence-electron chi connectivity index (χ4n) is 2.48. The Morgan fingerprint density at radius 3 is 2.50 bits per heavy atom. The summed E-state index contributed by atoms with van der Waals surface area (Å²) in [7, 11) is 2.18. The normalized spacial score (nSPS) is 18.4. The quantitative estimate of drug-likeness (QED) is 0.798. The average molecular weight is 306 g/mol. The van der Waals surface area contributed by atoms with Crippen molar-refractivity contribution in [2.75, 3.05) is 56.9 Å². The highest BCUT2D eigenvalue weighted by atomic mass is 15.3. The zero-order valence-corrected chi connectivity index (χ0v) is 14.3. The molecule has 0 aromatic carbocycles. The molecule has 1 aliphatic rings. The fraction of sp³-hybridized carbons (Fsp3) is 0.750. The molecule has 0 spiro atoms. The third kappa shape index (κ3) is 5.42. The number of aromatic nitrogens is 2. The molecule has 2 rings (SSSR count). The Balaban J connectivity index is 1.79. The first-order valence-electron chi connectivity index (χ1n) is 8.28. The van der Waals surface area contributed by atoms with Gasteiger partial charge in [-0.25, -0.2) is 4.98 Å². The van der Waals surface area contributed by atoms with E-state index in [0.29, 0.717) is 17.9 Å². The minimum Gasteiger partial charge on any atom is -0.370 e. The third-order valence-electron chi connectivity index (χ3n) is 4.06. The van der Waals surface area contributed by atoms with E-state index in [4.69, 9.17) is 0 Å². The molecule has 0 aliphatic carbocycles. The van der Waals surface area contributed by atoms with Crippen LogP contribution in [0.25, 0.3) is 0 Å². The van der Waals surface area contributed by atoms with E-state index in [0.717, 1.165) is 45.1 Å². The molecule has 0 amide bonds. The number of rotatable bonds is 7. The van der Waals surface area contributed by atoms with Crippen LogP contribution in [0.1, 0.15) is 20.8 Å². The maximum absolute atomic E-state index is 4.51. The second-order valence-corrected chi connectivity index (χ2v) is 6.61. The van der Waals surface area contributed by atoms with Crippen LogP contribution in [-0.4, -0.2) is 72.1 Å². The summed E-state index contributed by atoms with van der Waals surface area (Å²) in [5, 5.41) is 6.70. The lowest BCUT2D eigenvalue weighted by atomic mass is 10.2. The Kier molecular flexibility index (Phi) is 6.39. The second-order valence-electron chi connectivity index (χ2n) is 6.61. The number of piperazine rings is 1. The van der Waals surface area contributed by atoms with Gasteiger partial charge in [-0.1, -0.05) is 13.8 Å². The van der Waals surface area contributed by atoms with Crippen LogP contribution in [0.4, 0.5) is 11.8 Å². The molecule has 1 atom stereocenters. The zero-order valence-electron chi connectivity index (χ0n) is 14.3. The van der Waals surface area contributed by atoms with Gasteiger partial charge in [0.05, 0.1) is 0 Å². The average Bonchev–Trinajstić information content (AvgIpc) is 2.52. The van der Waals surface area contributed by atoms with Gasteiger partial charge in [0.2, 0.25) is 5.95 Å². The van der Waals surface area contributed by atoms with Crippen LogP contribution in [0.5, 0.6) is 0 Å². The SMILES string of the molecule is CC(C)CNc1ccnc(NCC(C)N2CCN(C)CC2)n1. The minimum atomic E-state index is 0.490. The standard InChI is InChI=1S/C16H30N6/c1-13(2)11-18-15-5-6-17-16(20-15)19-12-14(3)22-9-7-21(4)8-10-22/h5-6,13-14H,7-12H2,1-4H3,(H2,17,18,19,20). The lowest BCUT2D eigenvalue weighted by Crippen LogP contribution is -2.50. The van der Waals surface area contributed by atoms with Crippen LogP contribution >= 0.6 is 0 Å². The molecular weight excluding hydrogens is 276 g/mol. The van der Waals surface area contributed by atoms with Gasteiger partial charge in [0.1, 0.15) is 5.82 Å². The molecule has 2 heterocycles. The number of hydrogen-bond donors (Lipinski definition) is 2. The molecule has 0 saturated carbocycles. The first-order valence-corrected chi connectivity index (χ1v) is 8.28. The molecule has 1 aromatic heterocycles. The van der Waals surface area contributed by atoms with Crippen LogP contribution in [-0.2, 0) is 0 Å². The second kappa shape index (κ2) is 8.29. The van der Waals surface area contributed by atoms with Gasteiger partial charge < -0.3 is 15.5 Å². The number of hydrogen-bond acceptors (Lipinski definition) is 6. The van der Waals surface area contributed by atoms with Crippen molar-refractivity contribution in [2.45, 2.75) is 26.8 Å². The summed E-state index contributed by atoms with van der Waals surface area (Å²) >= 11 is 0.